The van der Waals surface area contributed by atoms with Gasteiger partial charge in [-0.05, 0) is 79.3 Å². The van der Waals surface area contributed by atoms with Gasteiger partial charge >= 0.3 is 6.18 Å². The number of anilines is 1. The Bertz CT molecular complexity index is 1220. The monoisotopic (exact) mass is 454 g/mol. The number of rotatable bonds is 5. The van der Waals surface area contributed by atoms with Crippen LogP contribution in [0.1, 0.15) is 56.1 Å². The predicted octanol–water partition coefficient (Wildman–Crippen LogP) is 6.64. The molecule has 4 aliphatic carbocycles. The largest absolute Gasteiger partial charge is 0.490 e. The van der Waals surface area contributed by atoms with E-state index < -0.39 is 11.7 Å². The van der Waals surface area contributed by atoms with Crippen molar-refractivity contribution in [1.82, 2.24) is 4.98 Å². The van der Waals surface area contributed by atoms with Gasteiger partial charge in [-0.2, -0.15) is 13.2 Å². The van der Waals surface area contributed by atoms with Crippen LogP contribution in [-0.4, -0.2) is 17.0 Å². The van der Waals surface area contributed by atoms with Gasteiger partial charge in [0, 0.05) is 17.1 Å². The van der Waals surface area contributed by atoms with Crippen molar-refractivity contribution in [2.45, 2.75) is 57.2 Å². The molecule has 1 amide bonds. The van der Waals surface area contributed by atoms with Crippen LogP contribution >= 0.6 is 0 Å². The molecule has 4 fully saturated rings. The lowest BCUT2D eigenvalue weighted by molar-refractivity contribution is -0.194. The molecule has 0 saturated heterocycles. The Morgan fingerprint density at radius 2 is 1.79 bits per heavy atom. The van der Waals surface area contributed by atoms with Crippen molar-refractivity contribution < 1.29 is 22.7 Å². The topological polar surface area (TPSA) is 54.1 Å². The van der Waals surface area contributed by atoms with Crippen molar-refractivity contribution in [2.75, 3.05) is 5.32 Å². The summed E-state index contributed by atoms with van der Waals surface area (Å²) in [5.74, 6) is 1.04. The highest BCUT2D eigenvalue weighted by molar-refractivity contribution is 6.05. The summed E-state index contributed by atoms with van der Waals surface area (Å²) in [6.45, 7) is 2.24. The Morgan fingerprint density at radius 3 is 2.42 bits per heavy atom. The van der Waals surface area contributed by atoms with E-state index in [1.54, 1.807) is 12.1 Å². The van der Waals surface area contributed by atoms with Gasteiger partial charge in [-0.15, -0.1) is 0 Å². The molecule has 4 saturated carbocycles. The van der Waals surface area contributed by atoms with Gasteiger partial charge in [-0.25, -0.2) is 0 Å². The molecule has 0 radical (unpaired) electrons. The summed E-state index contributed by atoms with van der Waals surface area (Å²) >= 11 is 0. The van der Waals surface area contributed by atoms with E-state index in [1.165, 1.54) is 0 Å². The summed E-state index contributed by atoms with van der Waals surface area (Å²) in [5.41, 5.74) is 2.19. The zero-order valence-electron chi connectivity index (χ0n) is 18.3. The van der Waals surface area contributed by atoms with Gasteiger partial charge < -0.3 is 15.0 Å². The van der Waals surface area contributed by atoms with Crippen molar-refractivity contribution in [1.29, 1.82) is 0 Å². The van der Waals surface area contributed by atoms with Gasteiger partial charge in [-0.1, -0.05) is 19.1 Å². The average Bonchev–Trinajstić information content (AvgIpc) is 3.08. The number of alkyl halides is 3. The molecule has 172 valence electrons. The molecule has 0 aliphatic heterocycles. The number of halogens is 3. The molecule has 1 aromatic heterocycles. The van der Waals surface area contributed by atoms with Gasteiger partial charge in [0.25, 0.3) is 0 Å². The highest BCUT2D eigenvalue weighted by Crippen LogP contribution is 2.73. The minimum Gasteiger partial charge on any atom is -0.490 e. The number of nitrogens with one attached hydrogen (secondary N) is 2. The van der Waals surface area contributed by atoms with Crippen molar-refractivity contribution in [3.05, 3.63) is 59.8 Å². The summed E-state index contributed by atoms with van der Waals surface area (Å²) in [4.78, 5) is 16.0. The van der Waals surface area contributed by atoms with Crippen LogP contribution in [-0.2, 0) is 11.0 Å². The number of ether oxygens (including phenoxy) is 1. The third-order valence-corrected chi connectivity index (χ3v) is 7.79. The number of H-pyrrole nitrogens is 1. The van der Waals surface area contributed by atoms with E-state index in [0.29, 0.717) is 5.41 Å². The Hall–Kier alpha value is -2.96. The van der Waals surface area contributed by atoms with Crippen LogP contribution in [0, 0.1) is 10.8 Å². The minimum absolute atomic E-state index is 0.0215. The molecule has 0 atom stereocenters. The first-order chi connectivity index (χ1) is 15.6. The summed E-state index contributed by atoms with van der Waals surface area (Å²) in [5, 5.41) is 4.02. The number of aromatic amines is 1. The second-order valence-electron chi connectivity index (χ2n) is 10.5. The van der Waals surface area contributed by atoms with E-state index in [0.717, 1.165) is 72.1 Å². The summed E-state index contributed by atoms with van der Waals surface area (Å²) in [6, 6.07) is 11.2. The van der Waals surface area contributed by atoms with Crippen LogP contribution in [0.25, 0.3) is 10.9 Å². The molecule has 4 nitrogen and oxygen atoms in total. The number of benzene rings is 2. The van der Waals surface area contributed by atoms with Crippen molar-refractivity contribution in [2.24, 2.45) is 10.8 Å². The van der Waals surface area contributed by atoms with Crippen LogP contribution in [0.3, 0.4) is 0 Å². The average molecular weight is 454 g/mol. The number of amides is 1. The Morgan fingerprint density at radius 1 is 1.09 bits per heavy atom. The number of fused-ring (bicyclic) bond motifs is 1. The maximum Gasteiger partial charge on any atom is 0.416 e. The van der Waals surface area contributed by atoms with E-state index in [9.17, 15) is 18.0 Å². The first-order valence-corrected chi connectivity index (χ1v) is 11.4. The Kier molecular flexibility index (Phi) is 4.24. The van der Waals surface area contributed by atoms with Crippen LogP contribution in [0.15, 0.2) is 48.7 Å². The first-order valence-electron chi connectivity index (χ1n) is 11.4. The normalized spacial score (nSPS) is 30.2. The third-order valence-electron chi connectivity index (χ3n) is 7.79. The maximum atomic E-state index is 12.8. The minimum atomic E-state index is -4.31. The van der Waals surface area contributed by atoms with Crippen molar-refractivity contribution in [3.8, 4) is 5.75 Å². The summed E-state index contributed by atoms with van der Waals surface area (Å²) < 4.78 is 44.4. The highest BCUT2D eigenvalue weighted by Gasteiger charge is 2.68. The molecule has 4 aliphatic rings. The third kappa shape index (κ3) is 3.40. The van der Waals surface area contributed by atoms with E-state index >= 15 is 0 Å². The van der Waals surface area contributed by atoms with Crippen molar-refractivity contribution >= 4 is 22.5 Å². The number of carbonyl (C=O) groups excluding carboxylic acids is 1. The van der Waals surface area contributed by atoms with Crippen LogP contribution in [0.4, 0.5) is 18.9 Å². The smallest absolute Gasteiger partial charge is 0.416 e. The van der Waals surface area contributed by atoms with Crippen LogP contribution < -0.4 is 10.1 Å². The number of carbonyl (C=O) groups is 1. The SMILES string of the molecule is CC12CC(C(=O)Nc3c[nH]c4ccc(O[C@H]5C[C@H](c6ccc(C(F)(F)F)cc6)C5)cc34)(C1)C2. The number of hydrogen-bond acceptors (Lipinski definition) is 2. The summed E-state index contributed by atoms with van der Waals surface area (Å²) in [7, 11) is 0. The molecule has 0 unspecified atom stereocenters. The zero-order chi connectivity index (χ0) is 23.0. The Balaban J connectivity index is 1.09. The lowest BCUT2D eigenvalue weighted by Crippen LogP contribution is -2.65. The van der Waals surface area contributed by atoms with E-state index in [2.05, 4.69) is 17.2 Å². The molecule has 1 heterocycles. The van der Waals surface area contributed by atoms with E-state index in [-0.39, 0.29) is 23.3 Å². The predicted molar refractivity (Wildman–Crippen MR) is 119 cm³/mol. The van der Waals surface area contributed by atoms with Gasteiger partial charge in [0.15, 0.2) is 0 Å². The van der Waals surface area contributed by atoms with Crippen LogP contribution in [0.5, 0.6) is 5.75 Å². The maximum absolute atomic E-state index is 12.8. The summed E-state index contributed by atoms with van der Waals surface area (Å²) in [6.07, 6.45) is 1.99. The Labute approximate surface area is 189 Å². The zero-order valence-corrected chi connectivity index (χ0v) is 18.3. The lowest BCUT2D eigenvalue weighted by atomic mass is 9.35. The van der Waals surface area contributed by atoms with Gasteiger partial charge in [0.05, 0.1) is 22.8 Å². The highest BCUT2D eigenvalue weighted by atomic mass is 19.4. The molecule has 2 aromatic carbocycles. The fourth-order valence-corrected chi connectivity index (χ4v) is 6.14. The molecule has 7 heteroatoms. The molecular formula is C26H25F3N2O2. The standard InChI is InChI=1S/C26H25F3N2O2/c1-24-12-25(13-24,14-24)23(32)31-22-11-30-21-7-6-18(10-20(21)22)33-19-8-16(9-19)15-2-4-17(5-3-15)26(27,28)29/h2-7,10-11,16,19,30H,8-9,12-14H2,1H3,(H,31,32)/t16-,19-,24?,25?. The van der Waals surface area contributed by atoms with Gasteiger partial charge in [-0.3, -0.25) is 4.79 Å². The fraction of sp³-hybridized carbons (Fsp3) is 0.423. The molecule has 2 bridgehead atoms. The molecule has 2 N–H and O–H groups in total. The fourth-order valence-electron chi connectivity index (χ4n) is 6.14. The molecular weight excluding hydrogens is 429 g/mol. The number of aromatic nitrogens is 1. The van der Waals surface area contributed by atoms with E-state index in [4.69, 9.17) is 4.74 Å². The molecule has 7 rings (SSSR count). The molecule has 0 spiro atoms. The lowest BCUT2D eigenvalue weighted by Gasteiger charge is -2.68. The second kappa shape index (κ2) is 6.78. The van der Waals surface area contributed by atoms with Crippen molar-refractivity contribution in [3.63, 3.8) is 0 Å². The van der Waals surface area contributed by atoms with Gasteiger partial charge in [0.2, 0.25) is 5.91 Å². The second-order valence-corrected chi connectivity index (χ2v) is 10.5. The molecule has 33 heavy (non-hydrogen) atoms. The quantitative estimate of drug-likeness (QED) is 0.454. The molecule has 3 aromatic rings. The van der Waals surface area contributed by atoms with Crippen LogP contribution in [0.2, 0.25) is 0 Å². The van der Waals surface area contributed by atoms with Gasteiger partial charge in [0.1, 0.15) is 5.75 Å². The van der Waals surface area contributed by atoms with E-state index in [1.807, 2.05) is 24.4 Å². The number of hydrogen-bond donors (Lipinski definition) is 2. The first kappa shape index (κ1) is 20.6.